The van der Waals surface area contributed by atoms with E-state index < -0.39 is 40.8 Å². The van der Waals surface area contributed by atoms with Gasteiger partial charge in [-0.05, 0) is 95.3 Å². The summed E-state index contributed by atoms with van der Waals surface area (Å²) >= 11 is 0. The number of hydrogen-bond acceptors (Lipinski definition) is 7. The first kappa shape index (κ1) is 26.6. The van der Waals surface area contributed by atoms with Crippen molar-refractivity contribution in [1.82, 2.24) is 0 Å². The van der Waals surface area contributed by atoms with Crippen LogP contribution in [0.3, 0.4) is 0 Å². The number of allylic oxidation sites excluding steroid dienone is 1. The van der Waals surface area contributed by atoms with E-state index in [2.05, 4.69) is 6.92 Å². The molecule has 4 aliphatic carbocycles. The van der Waals surface area contributed by atoms with Gasteiger partial charge in [0.1, 0.15) is 17.8 Å². The van der Waals surface area contributed by atoms with Crippen LogP contribution in [-0.2, 0) is 19.1 Å². The van der Waals surface area contributed by atoms with E-state index in [4.69, 9.17) is 9.47 Å². The Bertz CT molecular complexity index is 900. The van der Waals surface area contributed by atoms with Gasteiger partial charge in [0, 0.05) is 12.5 Å². The van der Waals surface area contributed by atoms with E-state index in [0.717, 1.165) is 32.1 Å². The smallest absolute Gasteiger partial charge is 0.333 e. The average Bonchev–Trinajstić information content (AvgIpc) is 3.02. The molecule has 0 bridgehead atoms. The molecule has 4 aliphatic rings. The minimum Gasteiger partial charge on any atom is -0.460 e. The summed E-state index contributed by atoms with van der Waals surface area (Å²) in [6.45, 7) is 10.6. The van der Waals surface area contributed by atoms with Crippen molar-refractivity contribution in [2.45, 2.75) is 122 Å². The predicted octanol–water partition coefficient (Wildman–Crippen LogP) is 3.68. The van der Waals surface area contributed by atoms with Crippen LogP contribution in [0.25, 0.3) is 0 Å². The fourth-order valence-electron chi connectivity index (χ4n) is 8.73. The summed E-state index contributed by atoms with van der Waals surface area (Å²) in [5.41, 5.74) is -3.65. The summed E-state index contributed by atoms with van der Waals surface area (Å²) in [7, 11) is 0. The number of esters is 2. The molecule has 0 unspecified atom stereocenters. The third-order valence-electron chi connectivity index (χ3n) is 11.1. The van der Waals surface area contributed by atoms with Crippen LogP contribution in [0.2, 0.25) is 0 Å². The second-order valence-electron chi connectivity index (χ2n) is 12.3. The lowest BCUT2D eigenvalue weighted by molar-refractivity contribution is -0.290. The highest BCUT2D eigenvalue weighted by molar-refractivity contribution is 5.87. The van der Waals surface area contributed by atoms with Crippen LogP contribution in [0.5, 0.6) is 0 Å². The molecule has 7 nitrogen and oxygen atoms in total. The molecule has 4 saturated carbocycles. The van der Waals surface area contributed by atoms with Crippen molar-refractivity contribution in [3.05, 3.63) is 11.6 Å². The number of ether oxygens (including phenoxy) is 2. The lowest BCUT2D eigenvalue weighted by atomic mass is 9.42. The van der Waals surface area contributed by atoms with Gasteiger partial charge in [-0.2, -0.15) is 0 Å². The highest BCUT2D eigenvalue weighted by Crippen LogP contribution is 2.71. The van der Waals surface area contributed by atoms with Crippen LogP contribution >= 0.6 is 0 Å². The Balaban J connectivity index is 1.80. The maximum atomic E-state index is 13.0. The third kappa shape index (κ3) is 3.71. The Morgan fingerprint density at radius 2 is 1.69 bits per heavy atom. The fraction of sp³-hybridized carbons (Fsp3) is 0.857. The Morgan fingerprint density at radius 3 is 2.31 bits per heavy atom. The molecule has 0 spiro atoms. The van der Waals surface area contributed by atoms with Crippen LogP contribution in [0.4, 0.5) is 0 Å². The van der Waals surface area contributed by atoms with Crippen molar-refractivity contribution in [3.63, 3.8) is 0 Å². The Labute approximate surface area is 209 Å². The molecule has 3 N–H and O–H groups in total. The van der Waals surface area contributed by atoms with Gasteiger partial charge < -0.3 is 24.8 Å². The molecule has 0 aromatic rings. The van der Waals surface area contributed by atoms with Gasteiger partial charge in [-0.1, -0.05) is 19.9 Å². The molecular weight excluding hydrogens is 448 g/mol. The normalized spacial score (nSPS) is 48.3. The van der Waals surface area contributed by atoms with Gasteiger partial charge in [-0.3, -0.25) is 4.79 Å². The van der Waals surface area contributed by atoms with E-state index >= 15 is 0 Å². The summed E-state index contributed by atoms with van der Waals surface area (Å²) in [5.74, 6) is -0.562. The van der Waals surface area contributed by atoms with Gasteiger partial charge >= 0.3 is 11.9 Å². The summed E-state index contributed by atoms with van der Waals surface area (Å²) in [6, 6.07) is 0. The molecular formula is C28H44O7. The molecule has 10 atom stereocenters. The molecule has 0 aromatic carbocycles. The molecule has 0 saturated heterocycles. The quantitative estimate of drug-likeness (QED) is 0.405. The lowest BCUT2D eigenvalue weighted by Crippen LogP contribution is -2.72. The Hall–Kier alpha value is -1.44. The zero-order chi connectivity index (χ0) is 26.0. The van der Waals surface area contributed by atoms with E-state index in [1.165, 1.54) is 6.92 Å². The predicted molar refractivity (Wildman–Crippen MR) is 130 cm³/mol. The van der Waals surface area contributed by atoms with Crippen molar-refractivity contribution < 1.29 is 34.4 Å². The van der Waals surface area contributed by atoms with Crippen molar-refractivity contribution >= 4 is 11.9 Å². The average molecular weight is 493 g/mol. The molecule has 4 fully saturated rings. The first-order valence-electron chi connectivity index (χ1n) is 13.4. The molecule has 0 radical (unpaired) electrons. The highest BCUT2D eigenvalue weighted by atomic mass is 16.6. The Morgan fingerprint density at radius 1 is 1.00 bits per heavy atom. The fourth-order valence-corrected chi connectivity index (χ4v) is 8.73. The maximum absolute atomic E-state index is 13.0. The number of carbonyl (C=O) groups is 2. The van der Waals surface area contributed by atoms with Gasteiger partial charge in [0.25, 0.3) is 0 Å². The molecule has 4 rings (SSSR count). The summed E-state index contributed by atoms with van der Waals surface area (Å²) in [5, 5.41) is 35.1. The molecule has 7 heteroatoms. The zero-order valence-electron chi connectivity index (χ0n) is 22.2. The van der Waals surface area contributed by atoms with Crippen molar-refractivity contribution in [2.75, 3.05) is 0 Å². The van der Waals surface area contributed by atoms with E-state index in [1.54, 1.807) is 26.8 Å². The van der Waals surface area contributed by atoms with Gasteiger partial charge in [-0.25, -0.2) is 4.79 Å². The molecule has 0 aliphatic heterocycles. The number of carbonyl (C=O) groups excluding carboxylic acids is 2. The SMILES string of the molecule is C/C=C(\C)C(=O)O[C@@H]1C[C@@H]2[C@@H](CC[C@@H]3C[C@@H](O)CC[C@@]32C)[C@@]2(O)CC[C@@](O)([C@@H](C)OC(C)=O)[C@@]12C. The van der Waals surface area contributed by atoms with Gasteiger partial charge in [0.05, 0.1) is 17.1 Å². The number of aliphatic hydroxyl groups excluding tert-OH is 1. The Kier molecular flexibility index (Phi) is 6.73. The van der Waals surface area contributed by atoms with Crippen LogP contribution in [0, 0.1) is 28.6 Å². The lowest BCUT2D eigenvalue weighted by Gasteiger charge is -2.66. The molecule has 0 amide bonds. The molecule has 0 aromatic heterocycles. The summed E-state index contributed by atoms with van der Waals surface area (Å²) < 4.78 is 11.6. The zero-order valence-corrected chi connectivity index (χ0v) is 22.2. The third-order valence-corrected chi connectivity index (χ3v) is 11.1. The molecule has 35 heavy (non-hydrogen) atoms. The maximum Gasteiger partial charge on any atom is 0.333 e. The summed E-state index contributed by atoms with van der Waals surface area (Å²) in [4.78, 5) is 24.9. The van der Waals surface area contributed by atoms with E-state index in [-0.39, 0.29) is 29.8 Å². The number of fused-ring (bicyclic) bond motifs is 5. The first-order valence-corrected chi connectivity index (χ1v) is 13.4. The second-order valence-corrected chi connectivity index (χ2v) is 12.3. The van der Waals surface area contributed by atoms with Crippen LogP contribution in [0.1, 0.15) is 92.9 Å². The number of rotatable bonds is 4. The van der Waals surface area contributed by atoms with Crippen molar-refractivity contribution in [3.8, 4) is 0 Å². The van der Waals surface area contributed by atoms with Crippen molar-refractivity contribution in [2.24, 2.45) is 28.6 Å². The van der Waals surface area contributed by atoms with Crippen LogP contribution in [0.15, 0.2) is 11.6 Å². The first-order chi connectivity index (χ1) is 16.2. The van der Waals surface area contributed by atoms with Crippen molar-refractivity contribution in [1.29, 1.82) is 0 Å². The van der Waals surface area contributed by atoms with E-state index in [0.29, 0.717) is 24.3 Å². The largest absolute Gasteiger partial charge is 0.460 e. The topological polar surface area (TPSA) is 113 Å². The van der Waals surface area contributed by atoms with Gasteiger partial charge in [-0.15, -0.1) is 0 Å². The molecule has 0 heterocycles. The second kappa shape index (κ2) is 8.84. The van der Waals surface area contributed by atoms with Crippen LogP contribution < -0.4 is 0 Å². The summed E-state index contributed by atoms with van der Waals surface area (Å²) in [6.07, 6.45) is 5.05. The van der Waals surface area contributed by atoms with Gasteiger partial charge in [0.15, 0.2) is 0 Å². The monoisotopic (exact) mass is 492 g/mol. The van der Waals surface area contributed by atoms with E-state index in [9.17, 15) is 24.9 Å². The number of aliphatic hydroxyl groups is 3. The highest BCUT2D eigenvalue weighted by Gasteiger charge is 2.77. The van der Waals surface area contributed by atoms with Gasteiger partial charge in [0.2, 0.25) is 0 Å². The minimum atomic E-state index is -1.55. The number of hydrogen-bond donors (Lipinski definition) is 3. The van der Waals surface area contributed by atoms with Crippen LogP contribution in [-0.4, -0.2) is 56.8 Å². The van der Waals surface area contributed by atoms with E-state index in [1.807, 2.05) is 6.92 Å². The minimum absolute atomic E-state index is 0.0692. The molecule has 198 valence electrons. The standard InChI is InChI=1S/C28H44O7/c1-7-16(2)24(31)35-23-15-22-21(9-8-19-14-20(30)10-11-25(19,22)5)28(33)13-12-27(32,26(23,28)6)17(3)34-18(4)29/h7,17,19-23,30,32-33H,8-15H2,1-6H3/b16-7+/t17-,19-,20+,21-,22-,23-,25+,26-,27-,28+/m1/s1.